The van der Waals surface area contributed by atoms with Gasteiger partial charge < -0.3 is 9.88 Å². The van der Waals surface area contributed by atoms with Crippen LogP contribution < -0.4 is 5.32 Å². The number of aromatic nitrogens is 3. The topological polar surface area (TPSA) is 80.1 Å². The van der Waals surface area contributed by atoms with E-state index in [1.807, 2.05) is 42.5 Å². The van der Waals surface area contributed by atoms with Crippen molar-refractivity contribution in [2.24, 2.45) is 7.05 Å². The van der Waals surface area contributed by atoms with E-state index in [1.165, 1.54) is 10.6 Å². The minimum Gasteiger partial charge on any atom is -0.380 e. The van der Waals surface area contributed by atoms with Crippen LogP contribution in [0.3, 0.4) is 0 Å². The number of sulfonamides is 1. The lowest BCUT2D eigenvalue weighted by molar-refractivity contribution is 0.468. The second-order valence-electron chi connectivity index (χ2n) is 7.88. The second kappa shape index (κ2) is 7.79. The molecule has 31 heavy (non-hydrogen) atoms. The predicted molar refractivity (Wildman–Crippen MR) is 120 cm³/mol. The van der Waals surface area contributed by atoms with E-state index in [9.17, 15) is 8.42 Å². The van der Waals surface area contributed by atoms with Crippen LogP contribution in [0.15, 0.2) is 84.4 Å². The molecule has 0 amide bonds. The summed E-state index contributed by atoms with van der Waals surface area (Å²) in [7, 11) is -1.90. The van der Waals surface area contributed by atoms with E-state index < -0.39 is 10.0 Å². The molecule has 1 saturated heterocycles. The van der Waals surface area contributed by atoms with Gasteiger partial charge >= 0.3 is 0 Å². The average Bonchev–Trinajstić information content (AvgIpc) is 3.42. The van der Waals surface area contributed by atoms with Crippen LogP contribution in [0.1, 0.15) is 11.5 Å². The molecule has 2 aromatic carbocycles. The number of benzene rings is 2. The summed E-state index contributed by atoms with van der Waals surface area (Å²) in [5.41, 5.74) is 2.99. The summed E-state index contributed by atoms with van der Waals surface area (Å²) >= 11 is 0. The number of fused-ring (bicyclic) bond motifs is 1. The average molecular weight is 434 g/mol. The van der Waals surface area contributed by atoms with E-state index in [1.54, 1.807) is 24.0 Å². The molecule has 4 aromatic rings. The number of hydrogen-bond donors (Lipinski definition) is 1. The Balaban J connectivity index is 1.47. The fourth-order valence-corrected chi connectivity index (χ4v) is 5.64. The highest BCUT2D eigenvalue weighted by atomic mass is 32.2. The Morgan fingerprint density at radius 2 is 1.84 bits per heavy atom. The number of nitrogens with zero attached hydrogens (tertiary/aromatic N) is 4. The van der Waals surface area contributed by atoms with Crippen LogP contribution in [0.5, 0.6) is 0 Å². The third kappa shape index (κ3) is 3.80. The maximum absolute atomic E-state index is 13.2. The van der Waals surface area contributed by atoms with Crippen molar-refractivity contribution in [1.82, 2.24) is 18.8 Å². The molecule has 7 nitrogen and oxygen atoms in total. The molecule has 0 spiro atoms. The van der Waals surface area contributed by atoms with Gasteiger partial charge in [0.25, 0.3) is 10.0 Å². The second-order valence-corrected chi connectivity index (χ2v) is 9.76. The lowest BCUT2D eigenvalue weighted by atomic mass is 9.94. The van der Waals surface area contributed by atoms with Gasteiger partial charge in [0, 0.05) is 55.6 Å². The van der Waals surface area contributed by atoms with E-state index in [-0.39, 0.29) is 17.0 Å². The van der Waals surface area contributed by atoms with Crippen LogP contribution >= 0.6 is 0 Å². The van der Waals surface area contributed by atoms with Crippen molar-refractivity contribution < 1.29 is 8.42 Å². The van der Waals surface area contributed by atoms with Gasteiger partial charge in [-0.05, 0) is 29.8 Å². The summed E-state index contributed by atoms with van der Waals surface area (Å²) < 4.78 is 29.6. The molecule has 3 heterocycles. The minimum absolute atomic E-state index is 0.0179. The molecule has 0 bridgehead atoms. The van der Waals surface area contributed by atoms with E-state index >= 15 is 0 Å². The summed E-state index contributed by atoms with van der Waals surface area (Å²) in [6.07, 6.45) is 4.83. The molecule has 2 atom stereocenters. The smallest absolute Gasteiger partial charge is 0.262 e. The Labute approximate surface area is 181 Å². The Hall–Kier alpha value is -3.23. The molecule has 2 aromatic heterocycles. The third-order valence-corrected chi connectivity index (χ3v) is 7.47. The number of hydrogen-bond acceptors (Lipinski definition) is 5. The lowest BCUT2D eigenvalue weighted by Crippen LogP contribution is -2.32. The third-order valence-electron chi connectivity index (χ3n) is 5.75. The molecule has 1 fully saturated rings. The maximum atomic E-state index is 13.2. The molecule has 0 saturated carbocycles. The number of anilines is 1. The van der Waals surface area contributed by atoms with E-state index in [4.69, 9.17) is 0 Å². The van der Waals surface area contributed by atoms with E-state index in [2.05, 4.69) is 33.5 Å². The van der Waals surface area contributed by atoms with Gasteiger partial charge in [-0.25, -0.2) is 13.4 Å². The van der Waals surface area contributed by atoms with Crippen LogP contribution in [-0.2, 0) is 17.1 Å². The van der Waals surface area contributed by atoms with Crippen molar-refractivity contribution in [3.63, 3.8) is 0 Å². The van der Waals surface area contributed by atoms with Crippen molar-refractivity contribution in [1.29, 1.82) is 0 Å². The van der Waals surface area contributed by atoms with Gasteiger partial charge in [0.1, 0.15) is 0 Å². The number of aryl methyl sites for hydroxylation is 1. The number of nitrogens with one attached hydrogen (secondary N) is 1. The van der Waals surface area contributed by atoms with Crippen molar-refractivity contribution in [3.05, 3.63) is 84.9 Å². The highest BCUT2D eigenvalue weighted by molar-refractivity contribution is 7.89. The summed E-state index contributed by atoms with van der Waals surface area (Å²) in [5, 5.41) is 4.70. The first kappa shape index (κ1) is 19.7. The monoisotopic (exact) mass is 433 g/mol. The highest BCUT2D eigenvalue weighted by Gasteiger charge is 2.40. The van der Waals surface area contributed by atoms with Crippen molar-refractivity contribution in [3.8, 4) is 0 Å². The molecular weight excluding hydrogens is 410 g/mol. The molecule has 0 unspecified atom stereocenters. The predicted octanol–water partition coefficient (Wildman–Crippen LogP) is 3.24. The molecule has 0 radical (unpaired) electrons. The van der Waals surface area contributed by atoms with Crippen LogP contribution in [0, 0.1) is 0 Å². The molecule has 1 N–H and O–H groups in total. The summed E-state index contributed by atoms with van der Waals surface area (Å²) in [4.78, 5) is 8.45. The van der Waals surface area contributed by atoms with Crippen LogP contribution in [0.4, 0.5) is 5.69 Å². The van der Waals surface area contributed by atoms with Gasteiger partial charge in [-0.15, -0.1) is 0 Å². The summed E-state index contributed by atoms with van der Waals surface area (Å²) in [6, 6.07) is 20.0. The summed E-state index contributed by atoms with van der Waals surface area (Å²) in [6.45, 7) is 0.763. The molecule has 0 aliphatic carbocycles. The quantitative estimate of drug-likeness (QED) is 0.523. The van der Waals surface area contributed by atoms with Gasteiger partial charge in [-0.1, -0.05) is 36.4 Å². The lowest BCUT2D eigenvalue weighted by Gasteiger charge is -2.21. The summed E-state index contributed by atoms with van der Waals surface area (Å²) in [5.74, 6) is 0.0179. The maximum Gasteiger partial charge on any atom is 0.262 e. The molecule has 5 rings (SSSR count). The number of rotatable bonds is 5. The molecular formula is C23H23N5O2S. The van der Waals surface area contributed by atoms with Crippen molar-refractivity contribution >= 4 is 26.6 Å². The zero-order valence-corrected chi connectivity index (χ0v) is 17.9. The Morgan fingerprint density at radius 1 is 1.00 bits per heavy atom. The Morgan fingerprint density at radius 3 is 2.61 bits per heavy atom. The highest BCUT2D eigenvalue weighted by Crippen LogP contribution is 2.33. The van der Waals surface area contributed by atoms with E-state index in [0.717, 1.165) is 22.2 Å². The fraction of sp³-hybridized carbons (Fsp3) is 0.217. The molecule has 1 aliphatic rings. The van der Waals surface area contributed by atoms with Gasteiger partial charge in [0.15, 0.2) is 5.03 Å². The molecule has 1 aliphatic heterocycles. The van der Waals surface area contributed by atoms with Crippen LogP contribution in [0.25, 0.3) is 10.9 Å². The largest absolute Gasteiger partial charge is 0.380 e. The van der Waals surface area contributed by atoms with Crippen molar-refractivity contribution in [2.45, 2.75) is 17.0 Å². The standard InChI is InChI=1S/C23H23N5O2S/c1-27-15-23(25-16-27)31(29,30)28-13-20(17-6-3-2-4-7-17)22(14-28)26-19-9-10-21-18(12-19)8-5-11-24-21/h2-12,15-16,20,22,26H,13-14H2,1H3/t20-,22+/m0/s1. The first-order valence-corrected chi connectivity index (χ1v) is 11.6. The van der Waals surface area contributed by atoms with E-state index in [0.29, 0.717) is 13.1 Å². The first-order valence-electron chi connectivity index (χ1n) is 10.1. The first-order chi connectivity index (χ1) is 15.0. The number of pyridine rings is 1. The van der Waals surface area contributed by atoms with Crippen LogP contribution in [-0.4, -0.2) is 46.4 Å². The zero-order chi connectivity index (χ0) is 21.4. The Kier molecular flexibility index (Phi) is 4.95. The zero-order valence-electron chi connectivity index (χ0n) is 17.1. The fourth-order valence-electron chi connectivity index (χ4n) is 4.18. The van der Waals surface area contributed by atoms with Crippen LogP contribution in [0.2, 0.25) is 0 Å². The Bertz CT molecular complexity index is 1320. The van der Waals surface area contributed by atoms with Gasteiger partial charge in [-0.3, -0.25) is 4.98 Å². The minimum atomic E-state index is -3.67. The molecule has 8 heteroatoms. The number of imidazole rings is 1. The SMILES string of the molecule is Cn1cnc(S(=O)(=O)N2C[C@@H](Nc3ccc4ncccc4c3)[C@H](c3ccccc3)C2)c1. The molecule has 158 valence electrons. The van der Waals surface area contributed by atoms with Gasteiger partial charge in [0.05, 0.1) is 11.8 Å². The van der Waals surface area contributed by atoms with Gasteiger partial charge in [-0.2, -0.15) is 4.31 Å². The van der Waals surface area contributed by atoms with Crippen molar-refractivity contribution in [2.75, 3.05) is 18.4 Å². The normalized spacial score (nSPS) is 19.6. The van der Waals surface area contributed by atoms with Gasteiger partial charge in [0.2, 0.25) is 0 Å².